The summed E-state index contributed by atoms with van der Waals surface area (Å²) in [5, 5.41) is 13.2. The molecule has 2 N–H and O–H groups in total. The van der Waals surface area contributed by atoms with Gasteiger partial charge in [-0.3, -0.25) is 10.2 Å². The Bertz CT molecular complexity index is 787. The maximum atomic E-state index is 13.9. The molecule has 0 aliphatic rings. The van der Waals surface area contributed by atoms with Crippen molar-refractivity contribution in [3.05, 3.63) is 59.7 Å². The molecule has 0 bridgehead atoms. The summed E-state index contributed by atoms with van der Waals surface area (Å²) in [6, 6.07) is 15.8. The van der Waals surface area contributed by atoms with Gasteiger partial charge in [0.05, 0.1) is 11.4 Å². The molecule has 0 heterocycles. The van der Waals surface area contributed by atoms with Crippen molar-refractivity contribution in [1.82, 2.24) is 0 Å². The van der Waals surface area contributed by atoms with Crippen LogP contribution in [0.25, 0.3) is 0 Å². The first kappa shape index (κ1) is 25.9. The van der Waals surface area contributed by atoms with Crippen molar-refractivity contribution in [1.29, 1.82) is 0 Å². The highest BCUT2D eigenvalue weighted by atomic mass is 16.3. The van der Waals surface area contributed by atoms with E-state index in [1.54, 1.807) is 5.01 Å². The Morgan fingerprint density at radius 3 is 1.72 bits per heavy atom. The lowest BCUT2D eigenvalue weighted by Gasteiger charge is -2.34. The van der Waals surface area contributed by atoms with Gasteiger partial charge in [-0.05, 0) is 51.0 Å². The van der Waals surface area contributed by atoms with Crippen LogP contribution in [-0.4, -0.2) is 16.6 Å². The van der Waals surface area contributed by atoms with E-state index in [1.807, 2.05) is 62.4 Å². The van der Waals surface area contributed by atoms with E-state index in [0.29, 0.717) is 12.8 Å². The van der Waals surface area contributed by atoms with Gasteiger partial charge in [-0.2, -0.15) is 0 Å². The van der Waals surface area contributed by atoms with Crippen molar-refractivity contribution >= 4 is 17.3 Å². The van der Waals surface area contributed by atoms with Crippen LogP contribution >= 0.6 is 0 Å². The quantitative estimate of drug-likeness (QED) is 0.240. The number of aryl methyl sites for hydroxylation is 2. The minimum atomic E-state index is -1.37. The van der Waals surface area contributed by atoms with Gasteiger partial charge in [-0.25, -0.2) is 5.01 Å². The average molecular weight is 439 g/mol. The second kappa shape index (κ2) is 13.3. The summed E-state index contributed by atoms with van der Waals surface area (Å²) < 4.78 is 0. The molecule has 0 saturated heterocycles. The smallest absolute Gasteiger partial charge is 0.277 e. The van der Waals surface area contributed by atoms with E-state index < -0.39 is 5.60 Å². The Morgan fingerprint density at radius 1 is 0.781 bits per heavy atom. The van der Waals surface area contributed by atoms with Gasteiger partial charge in [0.2, 0.25) is 0 Å². The van der Waals surface area contributed by atoms with Crippen LogP contribution in [0.3, 0.4) is 0 Å². The summed E-state index contributed by atoms with van der Waals surface area (Å²) in [5.74, 6) is -0.269. The number of amides is 1. The maximum Gasteiger partial charge on any atom is 0.277 e. The fraction of sp³-hybridized carbons (Fsp3) is 0.536. The van der Waals surface area contributed by atoms with Crippen LogP contribution in [0.15, 0.2) is 48.5 Å². The molecular weight excluding hydrogens is 396 g/mol. The second-order valence-corrected chi connectivity index (χ2v) is 9.11. The molecule has 2 aromatic rings. The molecule has 0 aromatic heterocycles. The number of carbonyl (C=O) groups is 1. The number of hydrogen-bond acceptors (Lipinski definition) is 3. The highest BCUT2D eigenvalue weighted by Crippen LogP contribution is 2.29. The molecule has 0 atom stereocenters. The number of hydrogen-bond donors (Lipinski definition) is 2. The van der Waals surface area contributed by atoms with Crippen molar-refractivity contribution in [3.8, 4) is 0 Å². The van der Waals surface area contributed by atoms with Gasteiger partial charge in [-0.15, -0.1) is 0 Å². The van der Waals surface area contributed by atoms with Gasteiger partial charge >= 0.3 is 0 Å². The molecule has 2 aromatic carbocycles. The first-order valence-electron chi connectivity index (χ1n) is 12.4. The van der Waals surface area contributed by atoms with E-state index in [2.05, 4.69) is 19.3 Å². The fourth-order valence-electron chi connectivity index (χ4n) is 3.92. The summed E-state index contributed by atoms with van der Waals surface area (Å²) in [6.45, 7) is 8.42. The minimum Gasteiger partial charge on any atom is -0.380 e. The molecule has 4 heteroatoms. The highest BCUT2D eigenvalue weighted by Gasteiger charge is 2.39. The molecule has 176 valence electrons. The number of carbonyl (C=O) groups excluding carboxylic acids is 1. The Hall–Kier alpha value is -2.33. The molecule has 32 heavy (non-hydrogen) atoms. The van der Waals surface area contributed by atoms with Crippen LogP contribution in [-0.2, 0) is 4.79 Å². The Morgan fingerprint density at radius 2 is 1.25 bits per heavy atom. The third kappa shape index (κ3) is 7.98. The fourth-order valence-corrected chi connectivity index (χ4v) is 3.92. The van der Waals surface area contributed by atoms with E-state index in [1.165, 1.54) is 0 Å². The first-order valence-corrected chi connectivity index (χ1v) is 12.4. The zero-order valence-corrected chi connectivity index (χ0v) is 20.5. The molecule has 4 nitrogen and oxygen atoms in total. The van der Waals surface area contributed by atoms with Crippen LogP contribution in [0.1, 0.15) is 89.2 Å². The number of nitrogens with one attached hydrogen (secondary N) is 1. The zero-order valence-electron chi connectivity index (χ0n) is 20.5. The van der Waals surface area contributed by atoms with E-state index >= 15 is 0 Å². The van der Waals surface area contributed by atoms with E-state index in [9.17, 15) is 9.90 Å². The van der Waals surface area contributed by atoms with Gasteiger partial charge in [0.1, 0.15) is 5.60 Å². The first-order chi connectivity index (χ1) is 15.4. The molecule has 0 radical (unpaired) electrons. The van der Waals surface area contributed by atoms with Crippen LogP contribution in [0, 0.1) is 13.8 Å². The molecule has 0 aliphatic carbocycles. The third-order valence-electron chi connectivity index (χ3n) is 6.07. The number of aliphatic hydroxyl groups is 1. The van der Waals surface area contributed by atoms with E-state index in [4.69, 9.17) is 0 Å². The Kier molecular flexibility index (Phi) is 10.8. The molecule has 0 unspecified atom stereocenters. The van der Waals surface area contributed by atoms with Crippen LogP contribution < -0.4 is 10.4 Å². The molecule has 0 spiro atoms. The standard InChI is InChI=1S/C28H42N2O2/c1-5-7-9-11-21-28(32,22-12-10-8-6-2)27(31)30(26-19-15-24(4)16-20-26)29-25-17-13-23(3)14-18-25/h13-20,29,32H,5-12,21-22H2,1-4H3. The summed E-state index contributed by atoms with van der Waals surface area (Å²) in [7, 11) is 0. The molecule has 0 aliphatic heterocycles. The highest BCUT2D eigenvalue weighted by molar-refractivity contribution is 6.00. The number of hydrazine groups is 1. The van der Waals surface area contributed by atoms with Crippen LogP contribution in [0.5, 0.6) is 0 Å². The number of benzene rings is 2. The van der Waals surface area contributed by atoms with Gasteiger partial charge in [-0.1, -0.05) is 101 Å². The maximum absolute atomic E-state index is 13.9. The summed E-state index contributed by atoms with van der Waals surface area (Å²) in [4.78, 5) is 13.9. The van der Waals surface area contributed by atoms with Crippen molar-refractivity contribution in [3.63, 3.8) is 0 Å². The lowest BCUT2D eigenvalue weighted by Crippen LogP contribution is -2.51. The van der Waals surface area contributed by atoms with E-state index in [-0.39, 0.29) is 5.91 Å². The number of rotatable bonds is 14. The Labute approximate surface area is 195 Å². The number of nitrogens with zero attached hydrogens (tertiary/aromatic N) is 1. The number of anilines is 2. The molecular formula is C28H42N2O2. The predicted molar refractivity (Wildman–Crippen MR) is 136 cm³/mol. The lowest BCUT2D eigenvalue weighted by molar-refractivity contribution is -0.138. The largest absolute Gasteiger partial charge is 0.380 e. The molecule has 0 saturated carbocycles. The third-order valence-corrected chi connectivity index (χ3v) is 6.07. The monoisotopic (exact) mass is 438 g/mol. The summed E-state index contributed by atoms with van der Waals surface area (Å²) in [5.41, 5.74) is 5.75. The normalized spacial score (nSPS) is 11.4. The predicted octanol–water partition coefficient (Wildman–Crippen LogP) is 7.34. The van der Waals surface area contributed by atoms with Crippen molar-refractivity contribution in [2.75, 3.05) is 10.4 Å². The van der Waals surface area contributed by atoms with Gasteiger partial charge in [0.25, 0.3) is 5.91 Å². The van der Waals surface area contributed by atoms with Gasteiger partial charge < -0.3 is 5.11 Å². The zero-order chi connectivity index (χ0) is 23.4. The number of unbranched alkanes of at least 4 members (excludes halogenated alkanes) is 6. The van der Waals surface area contributed by atoms with Gasteiger partial charge in [0, 0.05) is 0 Å². The van der Waals surface area contributed by atoms with Crippen molar-refractivity contribution < 1.29 is 9.90 Å². The van der Waals surface area contributed by atoms with Crippen LogP contribution in [0.4, 0.5) is 11.4 Å². The second-order valence-electron chi connectivity index (χ2n) is 9.11. The van der Waals surface area contributed by atoms with E-state index in [0.717, 1.165) is 73.9 Å². The average Bonchev–Trinajstić information content (AvgIpc) is 2.79. The topological polar surface area (TPSA) is 52.6 Å². The summed E-state index contributed by atoms with van der Waals surface area (Å²) in [6.07, 6.45) is 9.31. The minimum absolute atomic E-state index is 0.269. The van der Waals surface area contributed by atoms with Gasteiger partial charge in [0.15, 0.2) is 0 Å². The molecule has 1 amide bonds. The van der Waals surface area contributed by atoms with Crippen molar-refractivity contribution in [2.24, 2.45) is 0 Å². The van der Waals surface area contributed by atoms with Crippen LogP contribution in [0.2, 0.25) is 0 Å². The SMILES string of the molecule is CCCCCCC(O)(CCCCCC)C(=O)N(Nc1ccc(C)cc1)c1ccc(C)cc1. The lowest BCUT2D eigenvalue weighted by atomic mass is 9.88. The molecule has 2 rings (SSSR count). The van der Waals surface area contributed by atoms with Crippen molar-refractivity contribution in [2.45, 2.75) is 97.5 Å². The Balaban J connectivity index is 2.30. The summed E-state index contributed by atoms with van der Waals surface area (Å²) >= 11 is 0. The molecule has 0 fully saturated rings.